The lowest BCUT2D eigenvalue weighted by Gasteiger charge is -2.27. The molecule has 138 valence electrons. The molecule has 0 saturated carbocycles. The summed E-state index contributed by atoms with van der Waals surface area (Å²) < 4.78 is 15.0. The molecule has 0 fully saturated rings. The molecule has 4 rings (SSSR count). The monoisotopic (exact) mass is 364 g/mol. The number of halogens is 1. The van der Waals surface area contributed by atoms with Gasteiger partial charge in [0.2, 0.25) is 0 Å². The number of anilines is 1. The molecular formula is C21H21FN4O. The molecule has 5 nitrogen and oxygen atoms in total. The Morgan fingerprint density at radius 3 is 2.63 bits per heavy atom. The van der Waals surface area contributed by atoms with E-state index in [-0.39, 0.29) is 11.8 Å². The number of aryl methyl sites for hydroxylation is 1. The first-order chi connectivity index (χ1) is 13.1. The zero-order valence-corrected chi connectivity index (χ0v) is 15.2. The summed E-state index contributed by atoms with van der Waals surface area (Å²) in [5.41, 5.74) is 4.83. The minimum atomic E-state index is -0.281. The molecule has 0 aliphatic carbocycles. The first-order valence-electron chi connectivity index (χ1n) is 9.05. The van der Waals surface area contributed by atoms with Crippen molar-refractivity contribution in [2.45, 2.75) is 26.3 Å². The molecule has 2 amide bonds. The third-order valence-electron chi connectivity index (χ3n) is 4.81. The van der Waals surface area contributed by atoms with Crippen LogP contribution in [0.1, 0.15) is 23.2 Å². The van der Waals surface area contributed by atoms with Gasteiger partial charge in [-0.25, -0.2) is 13.9 Å². The molecule has 6 heteroatoms. The molecular weight excluding hydrogens is 343 g/mol. The van der Waals surface area contributed by atoms with Gasteiger partial charge in [-0.15, -0.1) is 0 Å². The van der Waals surface area contributed by atoms with Gasteiger partial charge in [0.05, 0.1) is 23.3 Å². The highest BCUT2D eigenvalue weighted by Crippen LogP contribution is 2.29. The van der Waals surface area contributed by atoms with Crippen LogP contribution in [-0.4, -0.2) is 22.4 Å². The Labute approximate surface area is 157 Å². The summed E-state index contributed by atoms with van der Waals surface area (Å²) in [7, 11) is 0. The molecule has 0 spiro atoms. The van der Waals surface area contributed by atoms with Crippen LogP contribution in [0.4, 0.5) is 14.9 Å². The van der Waals surface area contributed by atoms with Gasteiger partial charge in [0, 0.05) is 13.1 Å². The van der Waals surface area contributed by atoms with Gasteiger partial charge in [-0.1, -0.05) is 29.8 Å². The van der Waals surface area contributed by atoms with Gasteiger partial charge in [-0.05, 0) is 49.6 Å². The topological polar surface area (TPSA) is 50.2 Å². The van der Waals surface area contributed by atoms with Crippen LogP contribution < -0.4 is 10.2 Å². The first kappa shape index (κ1) is 17.3. The van der Waals surface area contributed by atoms with Crippen LogP contribution >= 0.6 is 0 Å². The number of benzene rings is 2. The third kappa shape index (κ3) is 3.56. The predicted octanol–water partition coefficient (Wildman–Crippen LogP) is 3.98. The highest BCUT2D eigenvalue weighted by atomic mass is 19.1. The minimum Gasteiger partial charge on any atom is -0.334 e. The Hall–Kier alpha value is -3.15. The van der Waals surface area contributed by atoms with Crippen LogP contribution in [-0.2, 0) is 13.0 Å². The van der Waals surface area contributed by atoms with Crippen molar-refractivity contribution in [3.05, 3.63) is 77.4 Å². The van der Waals surface area contributed by atoms with E-state index < -0.39 is 0 Å². The largest absolute Gasteiger partial charge is 0.334 e. The zero-order valence-electron chi connectivity index (χ0n) is 15.2. The van der Waals surface area contributed by atoms with E-state index in [1.807, 2.05) is 31.2 Å². The van der Waals surface area contributed by atoms with Gasteiger partial charge in [0.15, 0.2) is 0 Å². The summed E-state index contributed by atoms with van der Waals surface area (Å²) in [6.45, 7) is 3.18. The molecule has 27 heavy (non-hydrogen) atoms. The Kier molecular flexibility index (Phi) is 4.62. The second kappa shape index (κ2) is 7.23. The standard InChI is InChI=1S/C21H21FN4O/c1-15-4-6-16(7-5-15)13-23-21(27)25-12-2-3-19-20(25)14-24-26(19)18-10-8-17(22)9-11-18/h4-11,14H,2-3,12-13H2,1H3,(H,23,27). The fraction of sp³-hybridized carbons (Fsp3) is 0.238. The smallest absolute Gasteiger partial charge is 0.322 e. The van der Waals surface area contributed by atoms with E-state index in [4.69, 9.17) is 0 Å². The van der Waals surface area contributed by atoms with Crippen LogP contribution in [0.5, 0.6) is 0 Å². The van der Waals surface area contributed by atoms with E-state index in [2.05, 4.69) is 10.4 Å². The average Bonchev–Trinajstić information content (AvgIpc) is 3.12. The molecule has 1 N–H and O–H groups in total. The van der Waals surface area contributed by atoms with E-state index in [0.29, 0.717) is 13.1 Å². The SMILES string of the molecule is Cc1ccc(CNC(=O)N2CCCc3c2cnn3-c2ccc(F)cc2)cc1. The maximum Gasteiger partial charge on any atom is 0.322 e. The van der Waals surface area contributed by atoms with Crippen LogP contribution in [0.3, 0.4) is 0 Å². The number of nitrogens with one attached hydrogen (secondary N) is 1. The Morgan fingerprint density at radius 1 is 1.15 bits per heavy atom. The Bertz CT molecular complexity index is 947. The summed E-state index contributed by atoms with van der Waals surface area (Å²) in [5.74, 6) is -0.281. The number of carbonyl (C=O) groups excluding carboxylic acids is 1. The molecule has 0 bridgehead atoms. The van der Waals surface area contributed by atoms with Crippen LogP contribution in [0.15, 0.2) is 54.7 Å². The quantitative estimate of drug-likeness (QED) is 0.764. The molecule has 0 atom stereocenters. The number of hydrogen-bond acceptors (Lipinski definition) is 2. The van der Waals surface area contributed by atoms with Gasteiger partial charge in [0.1, 0.15) is 5.82 Å². The molecule has 0 unspecified atom stereocenters. The van der Waals surface area contributed by atoms with Gasteiger partial charge in [-0.3, -0.25) is 4.90 Å². The summed E-state index contributed by atoms with van der Waals surface area (Å²) in [6, 6.07) is 14.2. The second-order valence-corrected chi connectivity index (χ2v) is 6.76. The molecule has 2 heterocycles. The number of rotatable bonds is 3. The highest BCUT2D eigenvalue weighted by molar-refractivity contribution is 5.93. The number of fused-ring (bicyclic) bond motifs is 1. The van der Waals surface area contributed by atoms with Crippen LogP contribution in [0.2, 0.25) is 0 Å². The van der Waals surface area contributed by atoms with E-state index in [0.717, 1.165) is 35.5 Å². The van der Waals surface area contributed by atoms with Crippen molar-refractivity contribution >= 4 is 11.7 Å². The fourth-order valence-corrected chi connectivity index (χ4v) is 3.34. The lowest BCUT2D eigenvalue weighted by Crippen LogP contribution is -2.42. The number of aromatic nitrogens is 2. The van der Waals surface area contributed by atoms with Crippen molar-refractivity contribution in [2.24, 2.45) is 0 Å². The molecule has 2 aromatic carbocycles. The number of nitrogens with zero attached hydrogens (tertiary/aromatic N) is 3. The third-order valence-corrected chi connectivity index (χ3v) is 4.81. The fourth-order valence-electron chi connectivity index (χ4n) is 3.34. The second-order valence-electron chi connectivity index (χ2n) is 6.76. The van der Waals surface area contributed by atoms with Gasteiger partial charge in [0.25, 0.3) is 0 Å². The lowest BCUT2D eigenvalue weighted by atomic mass is 10.1. The van der Waals surface area contributed by atoms with Gasteiger partial charge in [-0.2, -0.15) is 5.10 Å². The maximum atomic E-state index is 13.2. The maximum absolute atomic E-state index is 13.2. The molecule has 1 aliphatic rings. The predicted molar refractivity (Wildman–Crippen MR) is 103 cm³/mol. The van der Waals surface area contributed by atoms with E-state index in [9.17, 15) is 9.18 Å². The number of amides is 2. The van der Waals surface area contributed by atoms with Crippen molar-refractivity contribution in [3.63, 3.8) is 0 Å². The summed E-state index contributed by atoms with van der Waals surface area (Å²) >= 11 is 0. The number of carbonyl (C=O) groups is 1. The van der Waals surface area contributed by atoms with Gasteiger partial charge < -0.3 is 5.32 Å². The molecule has 1 aliphatic heterocycles. The lowest BCUT2D eigenvalue weighted by molar-refractivity contribution is 0.245. The van der Waals surface area contributed by atoms with E-state index >= 15 is 0 Å². The summed E-state index contributed by atoms with van der Waals surface area (Å²) in [5, 5.41) is 7.42. The van der Waals surface area contributed by atoms with Crippen molar-refractivity contribution in [1.82, 2.24) is 15.1 Å². The van der Waals surface area contributed by atoms with Crippen molar-refractivity contribution in [1.29, 1.82) is 0 Å². The average molecular weight is 364 g/mol. The Morgan fingerprint density at radius 2 is 1.89 bits per heavy atom. The number of urea groups is 1. The summed E-state index contributed by atoms with van der Waals surface area (Å²) in [4.78, 5) is 14.5. The van der Waals surface area contributed by atoms with E-state index in [1.54, 1.807) is 27.9 Å². The van der Waals surface area contributed by atoms with Crippen molar-refractivity contribution < 1.29 is 9.18 Å². The molecule has 0 saturated heterocycles. The molecule has 3 aromatic rings. The van der Waals surface area contributed by atoms with Crippen molar-refractivity contribution in [2.75, 3.05) is 11.4 Å². The Balaban J connectivity index is 1.52. The normalized spacial score (nSPS) is 13.3. The minimum absolute atomic E-state index is 0.129. The zero-order chi connectivity index (χ0) is 18.8. The summed E-state index contributed by atoms with van der Waals surface area (Å²) in [6.07, 6.45) is 3.40. The first-order valence-corrected chi connectivity index (χ1v) is 9.05. The van der Waals surface area contributed by atoms with Crippen LogP contribution in [0.25, 0.3) is 5.69 Å². The number of hydrogen-bond donors (Lipinski definition) is 1. The van der Waals surface area contributed by atoms with E-state index in [1.165, 1.54) is 17.7 Å². The molecule has 1 aromatic heterocycles. The van der Waals surface area contributed by atoms with Crippen molar-refractivity contribution in [3.8, 4) is 5.69 Å². The molecule has 0 radical (unpaired) electrons. The van der Waals surface area contributed by atoms with Gasteiger partial charge >= 0.3 is 6.03 Å². The van der Waals surface area contributed by atoms with Crippen LogP contribution in [0, 0.1) is 12.7 Å². The highest BCUT2D eigenvalue weighted by Gasteiger charge is 2.26.